The number of hydrogen-bond donors (Lipinski definition) is 2. The number of carbonyl (C=O) groups is 2. The van der Waals surface area contributed by atoms with E-state index in [1.54, 1.807) is 4.90 Å². The molecular weight excluding hydrogens is 522 g/mol. The van der Waals surface area contributed by atoms with Crippen LogP contribution in [0.15, 0.2) is 41.3 Å². The molecule has 0 radical (unpaired) electrons. The Bertz CT molecular complexity index is 1580. The number of nitrogen functional groups attached to an aromatic ring is 1. The SMILES string of the molecule is Cc1ccc2c(c1)c1c(N)ncnc1n2CC(=O)N1[C@H](C(=O)Nc2nc(Br)ccc2C)C[C@@]2(C)C[C@@H]12. The summed E-state index contributed by atoms with van der Waals surface area (Å²) < 4.78 is 2.53. The zero-order valence-electron chi connectivity index (χ0n) is 20.2. The molecule has 2 fully saturated rings. The van der Waals surface area contributed by atoms with Gasteiger partial charge in [-0.1, -0.05) is 24.6 Å². The summed E-state index contributed by atoms with van der Waals surface area (Å²) in [6.45, 7) is 6.11. The van der Waals surface area contributed by atoms with Crippen LogP contribution in [0.1, 0.15) is 30.9 Å². The van der Waals surface area contributed by atoms with Crippen molar-refractivity contribution in [2.24, 2.45) is 5.41 Å². The fourth-order valence-electron chi connectivity index (χ4n) is 5.62. The Balaban J connectivity index is 1.34. The van der Waals surface area contributed by atoms with Crippen LogP contribution >= 0.6 is 15.9 Å². The standard InChI is InChI=1S/C26H26BrN7O2/c1-13-4-6-16-15(8-13)21-22(28)29-12-30-24(21)33(16)11-20(35)34-17(9-26(3)10-18(26)34)25(36)32-23-14(2)5-7-19(27)31-23/h4-8,12,17-18H,9-11H2,1-3H3,(H2,28,29,30)(H,31,32,36)/t17-,18+,26-/m0/s1. The third kappa shape index (κ3) is 3.54. The number of benzene rings is 1. The van der Waals surface area contributed by atoms with E-state index < -0.39 is 6.04 Å². The van der Waals surface area contributed by atoms with E-state index in [0.29, 0.717) is 28.3 Å². The lowest BCUT2D eigenvalue weighted by molar-refractivity contribution is -0.138. The molecule has 4 aromatic rings. The van der Waals surface area contributed by atoms with Gasteiger partial charge in [-0.3, -0.25) is 9.59 Å². The molecule has 1 aliphatic heterocycles. The Labute approximate surface area is 216 Å². The van der Waals surface area contributed by atoms with Crippen molar-refractivity contribution < 1.29 is 9.59 Å². The maximum Gasteiger partial charge on any atom is 0.248 e. The molecule has 0 spiro atoms. The normalized spacial score (nSPS) is 22.7. The van der Waals surface area contributed by atoms with Crippen LogP contribution in [0.3, 0.4) is 0 Å². The van der Waals surface area contributed by atoms with E-state index in [9.17, 15) is 9.59 Å². The van der Waals surface area contributed by atoms with Crippen LogP contribution in [0.4, 0.5) is 11.6 Å². The Morgan fingerprint density at radius 3 is 2.81 bits per heavy atom. The summed E-state index contributed by atoms with van der Waals surface area (Å²) in [5.41, 5.74) is 9.60. The van der Waals surface area contributed by atoms with E-state index >= 15 is 0 Å². The Morgan fingerprint density at radius 2 is 2.00 bits per heavy atom. The van der Waals surface area contributed by atoms with Crippen molar-refractivity contribution in [1.29, 1.82) is 0 Å². The van der Waals surface area contributed by atoms with Crippen LogP contribution in [-0.4, -0.2) is 48.3 Å². The maximum atomic E-state index is 13.8. The number of hydrogen-bond acceptors (Lipinski definition) is 6. The van der Waals surface area contributed by atoms with Crippen LogP contribution in [0.25, 0.3) is 21.9 Å². The highest BCUT2D eigenvalue weighted by molar-refractivity contribution is 9.10. The second-order valence-corrected chi connectivity index (χ2v) is 11.1. The molecule has 36 heavy (non-hydrogen) atoms. The number of rotatable bonds is 4. The van der Waals surface area contributed by atoms with Gasteiger partial charge in [-0.15, -0.1) is 0 Å². The minimum absolute atomic E-state index is 0.0397. The first-order chi connectivity index (χ1) is 17.2. The quantitative estimate of drug-likeness (QED) is 0.373. The van der Waals surface area contributed by atoms with Crippen molar-refractivity contribution >= 4 is 61.3 Å². The predicted octanol–water partition coefficient (Wildman–Crippen LogP) is 3.96. The Kier molecular flexibility index (Phi) is 5.08. The first kappa shape index (κ1) is 22.9. The summed E-state index contributed by atoms with van der Waals surface area (Å²) in [7, 11) is 0. The Morgan fingerprint density at radius 1 is 1.19 bits per heavy atom. The number of nitrogens with one attached hydrogen (secondary N) is 1. The average Bonchev–Trinajstić information content (AvgIpc) is 3.24. The van der Waals surface area contributed by atoms with Gasteiger partial charge in [-0.25, -0.2) is 15.0 Å². The average molecular weight is 548 g/mol. The highest BCUT2D eigenvalue weighted by Crippen LogP contribution is 2.59. The number of fused-ring (bicyclic) bond motifs is 4. The third-order valence-corrected chi connectivity index (χ3v) is 8.09. The van der Waals surface area contributed by atoms with E-state index in [-0.39, 0.29) is 29.8 Å². The van der Waals surface area contributed by atoms with Gasteiger partial charge in [0.15, 0.2) is 0 Å². The number of nitrogens with two attached hydrogens (primary N) is 1. The summed E-state index contributed by atoms with van der Waals surface area (Å²) in [6.07, 6.45) is 2.95. The van der Waals surface area contributed by atoms with E-state index in [1.807, 2.05) is 48.7 Å². The van der Waals surface area contributed by atoms with Gasteiger partial charge in [0.25, 0.3) is 0 Å². The molecule has 184 valence electrons. The molecule has 10 heteroatoms. The molecule has 3 N–H and O–H groups in total. The number of aromatic nitrogens is 4. The number of amides is 2. The van der Waals surface area contributed by atoms with Gasteiger partial charge in [-0.05, 0) is 71.8 Å². The van der Waals surface area contributed by atoms with Crippen molar-refractivity contribution in [3.63, 3.8) is 0 Å². The van der Waals surface area contributed by atoms with Crippen molar-refractivity contribution in [3.8, 4) is 0 Å². The largest absolute Gasteiger partial charge is 0.383 e. The molecule has 1 saturated carbocycles. The van der Waals surface area contributed by atoms with E-state index in [2.05, 4.69) is 43.1 Å². The molecular formula is C26H26BrN7O2. The summed E-state index contributed by atoms with van der Waals surface area (Å²) in [6, 6.07) is 9.23. The highest BCUT2D eigenvalue weighted by atomic mass is 79.9. The molecule has 0 bridgehead atoms. The van der Waals surface area contributed by atoms with Crippen molar-refractivity contribution in [1.82, 2.24) is 24.4 Å². The highest BCUT2D eigenvalue weighted by Gasteiger charge is 2.64. The van der Waals surface area contributed by atoms with Crippen LogP contribution < -0.4 is 11.1 Å². The minimum atomic E-state index is -0.559. The predicted molar refractivity (Wildman–Crippen MR) is 141 cm³/mol. The summed E-state index contributed by atoms with van der Waals surface area (Å²) in [5, 5.41) is 4.61. The number of anilines is 2. The number of pyridine rings is 1. The lowest BCUT2D eigenvalue weighted by atomic mass is 10.0. The second kappa shape index (κ2) is 7.99. The van der Waals surface area contributed by atoms with Crippen molar-refractivity contribution in [2.75, 3.05) is 11.1 Å². The minimum Gasteiger partial charge on any atom is -0.383 e. The molecule has 6 rings (SSSR count). The first-order valence-corrected chi connectivity index (χ1v) is 12.7. The van der Waals surface area contributed by atoms with Gasteiger partial charge in [-0.2, -0.15) is 0 Å². The number of piperidine rings is 1. The molecule has 0 unspecified atom stereocenters. The van der Waals surface area contributed by atoms with Crippen LogP contribution in [0.5, 0.6) is 0 Å². The fraction of sp³-hybridized carbons (Fsp3) is 0.346. The van der Waals surface area contributed by atoms with E-state index in [0.717, 1.165) is 33.8 Å². The first-order valence-electron chi connectivity index (χ1n) is 11.9. The van der Waals surface area contributed by atoms with Crippen LogP contribution in [-0.2, 0) is 16.1 Å². The molecule has 1 aromatic carbocycles. The molecule has 1 saturated heterocycles. The van der Waals surface area contributed by atoms with Crippen molar-refractivity contribution in [2.45, 2.75) is 52.2 Å². The smallest absolute Gasteiger partial charge is 0.248 e. The summed E-state index contributed by atoms with van der Waals surface area (Å²) >= 11 is 3.36. The summed E-state index contributed by atoms with van der Waals surface area (Å²) in [5.74, 6) is 0.552. The fourth-order valence-corrected chi connectivity index (χ4v) is 5.93. The van der Waals surface area contributed by atoms with Gasteiger partial charge in [0.2, 0.25) is 11.8 Å². The molecule has 1 aliphatic carbocycles. The molecule has 9 nitrogen and oxygen atoms in total. The second-order valence-electron chi connectivity index (χ2n) is 10.2. The lowest BCUT2D eigenvalue weighted by Gasteiger charge is -2.27. The number of carbonyl (C=O) groups excluding carboxylic acids is 2. The molecule has 3 aromatic heterocycles. The third-order valence-electron chi connectivity index (χ3n) is 7.65. The lowest BCUT2D eigenvalue weighted by Crippen LogP contribution is -2.46. The zero-order chi connectivity index (χ0) is 25.4. The Hall–Kier alpha value is -3.53. The van der Waals surface area contributed by atoms with Gasteiger partial charge in [0, 0.05) is 11.4 Å². The molecule has 3 atom stereocenters. The van der Waals surface area contributed by atoms with Gasteiger partial charge < -0.3 is 20.5 Å². The van der Waals surface area contributed by atoms with Crippen LogP contribution in [0.2, 0.25) is 0 Å². The molecule has 2 amide bonds. The number of aryl methyl sites for hydroxylation is 2. The van der Waals surface area contributed by atoms with Crippen molar-refractivity contribution in [3.05, 3.63) is 52.4 Å². The number of likely N-dealkylation sites (tertiary alicyclic amines) is 1. The van der Waals surface area contributed by atoms with Gasteiger partial charge >= 0.3 is 0 Å². The number of nitrogens with zero attached hydrogens (tertiary/aromatic N) is 5. The molecule has 2 aliphatic rings. The topological polar surface area (TPSA) is 119 Å². The monoisotopic (exact) mass is 547 g/mol. The zero-order valence-corrected chi connectivity index (χ0v) is 21.8. The van der Waals surface area contributed by atoms with E-state index in [4.69, 9.17) is 5.73 Å². The van der Waals surface area contributed by atoms with Gasteiger partial charge in [0.1, 0.15) is 40.8 Å². The summed E-state index contributed by atoms with van der Waals surface area (Å²) in [4.78, 5) is 42.1. The van der Waals surface area contributed by atoms with Gasteiger partial charge in [0.05, 0.1) is 10.9 Å². The van der Waals surface area contributed by atoms with E-state index in [1.165, 1.54) is 6.33 Å². The van der Waals surface area contributed by atoms with Crippen LogP contribution in [0, 0.1) is 19.3 Å². The molecule has 4 heterocycles. The maximum absolute atomic E-state index is 13.8. The number of halogens is 1.